The summed E-state index contributed by atoms with van der Waals surface area (Å²) in [5.41, 5.74) is -3.17. The number of nitro groups is 1. The van der Waals surface area contributed by atoms with Gasteiger partial charge in [0.25, 0.3) is 5.91 Å². The second-order valence-corrected chi connectivity index (χ2v) is 4.16. The van der Waals surface area contributed by atoms with E-state index >= 15 is 0 Å². The average Bonchev–Trinajstić information content (AvgIpc) is 2.89. The predicted molar refractivity (Wildman–Crippen MR) is 64.0 cm³/mol. The molecular weight excluding hydrogens is 331 g/mol. The summed E-state index contributed by atoms with van der Waals surface area (Å²) in [6.45, 7) is 0. The molecule has 0 bridgehead atoms. The first-order chi connectivity index (χ1) is 10.7. The first kappa shape index (κ1) is 16.3. The molecule has 0 saturated heterocycles. The van der Waals surface area contributed by atoms with Gasteiger partial charge in [-0.3, -0.25) is 19.6 Å². The number of aromatic nitrogens is 2. The van der Waals surface area contributed by atoms with E-state index < -0.39 is 57.0 Å². The Hall–Kier alpha value is -3.05. The lowest BCUT2D eigenvalue weighted by molar-refractivity contribution is -0.385. The number of hydrogen-bond acceptors (Lipinski definition) is 4. The van der Waals surface area contributed by atoms with Gasteiger partial charge in [-0.2, -0.15) is 5.10 Å². The van der Waals surface area contributed by atoms with E-state index in [4.69, 9.17) is 0 Å². The van der Waals surface area contributed by atoms with Gasteiger partial charge in [0.1, 0.15) is 11.9 Å². The number of rotatable bonds is 3. The van der Waals surface area contributed by atoms with Gasteiger partial charge in [-0.25, -0.2) is 22.0 Å². The maximum atomic E-state index is 13.5. The van der Waals surface area contributed by atoms with Crippen LogP contribution in [-0.2, 0) is 7.05 Å². The standard InChI is InChI=1S/C11H5F5N4O3/c1-19-10(3(2-17-19)20(22)23)11(21)18-9-7(15)5(13)4(12)6(14)8(9)16/h2H,1H3,(H,18,21). The Labute approximate surface area is 123 Å². The Morgan fingerprint density at radius 1 is 1.13 bits per heavy atom. The monoisotopic (exact) mass is 336 g/mol. The third-order valence-electron chi connectivity index (χ3n) is 2.78. The first-order valence-electron chi connectivity index (χ1n) is 5.66. The lowest BCUT2D eigenvalue weighted by Crippen LogP contribution is -2.20. The van der Waals surface area contributed by atoms with E-state index in [0.717, 1.165) is 7.05 Å². The molecule has 2 rings (SSSR count). The Bertz CT molecular complexity index is 807. The van der Waals surface area contributed by atoms with Gasteiger partial charge in [0.05, 0.1) is 4.92 Å². The Kier molecular flexibility index (Phi) is 3.99. The quantitative estimate of drug-likeness (QED) is 0.306. The molecule has 0 fully saturated rings. The molecule has 23 heavy (non-hydrogen) atoms. The van der Waals surface area contributed by atoms with E-state index in [9.17, 15) is 36.9 Å². The van der Waals surface area contributed by atoms with Gasteiger partial charge in [-0.05, 0) is 0 Å². The number of carbonyl (C=O) groups is 1. The van der Waals surface area contributed by atoms with Crippen LogP contribution in [0.1, 0.15) is 10.5 Å². The minimum absolute atomic E-state index is 0.688. The lowest BCUT2D eigenvalue weighted by atomic mass is 10.2. The normalized spacial score (nSPS) is 10.7. The lowest BCUT2D eigenvalue weighted by Gasteiger charge is -2.09. The molecule has 12 heteroatoms. The zero-order valence-corrected chi connectivity index (χ0v) is 11.0. The highest BCUT2D eigenvalue weighted by Gasteiger charge is 2.30. The van der Waals surface area contributed by atoms with Crippen LogP contribution in [-0.4, -0.2) is 20.6 Å². The number of nitrogens with zero attached hydrogens (tertiary/aromatic N) is 3. The van der Waals surface area contributed by atoms with Crippen molar-refractivity contribution in [3.63, 3.8) is 0 Å². The molecule has 0 unspecified atom stereocenters. The van der Waals surface area contributed by atoms with E-state index in [1.807, 2.05) is 0 Å². The summed E-state index contributed by atoms with van der Waals surface area (Å²) < 4.78 is 66.6. The maximum Gasteiger partial charge on any atom is 0.320 e. The molecule has 7 nitrogen and oxygen atoms in total. The van der Waals surface area contributed by atoms with Gasteiger partial charge < -0.3 is 5.32 Å². The van der Waals surface area contributed by atoms with Crippen LogP contribution in [0.15, 0.2) is 6.20 Å². The number of halogens is 5. The van der Waals surface area contributed by atoms with Crippen molar-refractivity contribution in [1.29, 1.82) is 0 Å². The molecular formula is C11H5F5N4O3. The minimum Gasteiger partial charge on any atom is -0.315 e. The van der Waals surface area contributed by atoms with Crippen LogP contribution >= 0.6 is 0 Å². The second-order valence-electron chi connectivity index (χ2n) is 4.16. The van der Waals surface area contributed by atoms with Crippen molar-refractivity contribution in [2.75, 3.05) is 5.32 Å². The van der Waals surface area contributed by atoms with Gasteiger partial charge in [0.2, 0.25) is 11.5 Å². The number of nitrogens with one attached hydrogen (secondary N) is 1. The number of aryl methyl sites for hydroxylation is 1. The zero-order chi connectivity index (χ0) is 17.5. The van der Waals surface area contributed by atoms with Crippen molar-refractivity contribution in [3.05, 3.63) is 51.1 Å². The maximum absolute atomic E-state index is 13.5. The number of anilines is 1. The number of benzene rings is 1. The summed E-state index contributed by atoms with van der Waals surface area (Å²) in [6, 6.07) is 0. The fourth-order valence-electron chi connectivity index (χ4n) is 1.71. The van der Waals surface area contributed by atoms with Crippen LogP contribution in [0.25, 0.3) is 0 Å². The van der Waals surface area contributed by atoms with Gasteiger partial charge in [0.15, 0.2) is 23.3 Å². The number of hydrogen-bond donors (Lipinski definition) is 1. The van der Waals surface area contributed by atoms with Crippen molar-refractivity contribution in [3.8, 4) is 0 Å². The Morgan fingerprint density at radius 3 is 2.09 bits per heavy atom. The zero-order valence-electron chi connectivity index (χ0n) is 11.0. The highest BCUT2D eigenvalue weighted by molar-refractivity contribution is 6.05. The van der Waals surface area contributed by atoms with Crippen LogP contribution in [0.5, 0.6) is 0 Å². The molecule has 0 radical (unpaired) electrons. The summed E-state index contributed by atoms with van der Waals surface area (Å²) in [6.07, 6.45) is 0.688. The van der Waals surface area contributed by atoms with Crippen molar-refractivity contribution < 1.29 is 31.7 Å². The highest BCUT2D eigenvalue weighted by Crippen LogP contribution is 2.28. The van der Waals surface area contributed by atoms with Gasteiger partial charge in [-0.1, -0.05) is 0 Å². The molecule has 1 heterocycles. The van der Waals surface area contributed by atoms with Crippen LogP contribution in [0.4, 0.5) is 33.3 Å². The van der Waals surface area contributed by atoms with Gasteiger partial charge >= 0.3 is 5.69 Å². The van der Waals surface area contributed by atoms with Crippen molar-refractivity contribution in [2.24, 2.45) is 7.05 Å². The number of amides is 1. The fourth-order valence-corrected chi connectivity index (χ4v) is 1.71. The summed E-state index contributed by atoms with van der Waals surface area (Å²) in [7, 11) is 1.11. The van der Waals surface area contributed by atoms with E-state index in [0.29, 0.717) is 10.9 Å². The van der Waals surface area contributed by atoms with E-state index in [1.54, 1.807) is 0 Å². The largest absolute Gasteiger partial charge is 0.320 e. The van der Waals surface area contributed by atoms with Crippen LogP contribution in [0, 0.1) is 39.2 Å². The Morgan fingerprint density at radius 2 is 1.61 bits per heavy atom. The third kappa shape index (κ3) is 2.58. The second kappa shape index (κ2) is 5.62. The fraction of sp³-hybridized carbons (Fsp3) is 0.0909. The van der Waals surface area contributed by atoms with Crippen LogP contribution < -0.4 is 5.32 Å². The topological polar surface area (TPSA) is 90.1 Å². The van der Waals surface area contributed by atoms with Crippen molar-refractivity contribution in [1.82, 2.24) is 9.78 Å². The molecule has 0 aliphatic heterocycles. The molecule has 0 saturated carbocycles. The van der Waals surface area contributed by atoms with E-state index in [-0.39, 0.29) is 0 Å². The SMILES string of the molecule is Cn1ncc([N+](=O)[O-])c1C(=O)Nc1c(F)c(F)c(F)c(F)c1F. The molecule has 0 aliphatic rings. The summed E-state index contributed by atoms with van der Waals surface area (Å²) >= 11 is 0. The number of carbonyl (C=O) groups excluding carboxylic acids is 1. The highest BCUT2D eigenvalue weighted by atomic mass is 19.2. The van der Waals surface area contributed by atoms with E-state index in [1.165, 1.54) is 5.32 Å². The summed E-state index contributed by atoms with van der Waals surface area (Å²) in [4.78, 5) is 21.6. The summed E-state index contributed by atoms with van der Waals surface area (Å²) in [5.74, 6) is -13.0. The molecule has 0 atom stereocenters. The Balaban J connectivity index is 2.51. The molecule has 0 aliphatic carbocycles. The summed E-state index contributed by atoms with van der Waals surface area (Å²) in [5, 5.41) is 15.6. The minimum atomic E-state index is -2.40. The van der Waals surface area contributed by atoms with Crippen LogP contribution in [0.2, 0.25) is 0 Å². The van der Waals surface area contributed by atoms with Crippen LogP contribution in [0.3, 0.4) is 0 Å². The molecule has 2 aromatic rings. The molecule has 0 spiro atoms. The van der Waals surface area contributed by atoms with Crippen molar-refractivity contribution in [2.45, 2.75) is 0 Å². The third-order valence-corrected chi connectivity index (χ3v) is 2.78. The van der Waals surface area contributed by atoms with E-state index in [2.05, 4.69) is 5.10 Å². The van der Waals surface area contributed by atoms with Crippen molar-refractivity contribution >= 4 is 17.3 Å². The smallest absolute Gasteiger partial charge is 0.315 e. The van der Waals surface area contributed by atoms with Gasteiger partial charge in [-0.15, -0.1) is 0 Å². The predicted octanol–water partition coefficient (Wildman–Crippen LogP) is 2.28. The first-order valence-corrected chi connectivity index (χ1v) is 5.66. The molecule has 1 aromatic carbocycles. The average molecular weight is 336 g/mol. The molecule has 122 valence electrons. The molecule has 1 N–H and O–H groups in total. The molecule has 1 aromatic heterocycles. The van der Waals surface area contributed by atoms with Gasteiger partial charge in [0, 0.05) is 7.05 Å². The molecule has 1 amide bonds.